The topological polar surface area (TPSA) is 69.6 Å². The van der Waals surface area contributed by atoms with Crippen LogP contribution in [0, 0.1) is 5.92 Å². The molecular formula is C20H21ClN2O3. The van der Waals surface area contributed by atoms with Crippen molar-refractivity contribution in [3.63, 3.8) is 0 Å². The molecule has 1 saturated heterocycles. The van der Waals surface area contributed by atoms with Crippen molar-refractivity contribution in [2.24, 2.45) is 5.92 Å². The Kier molecular flexibility index (Phi) is 5.91. The molecule has 1 aliphatic rings. The van der Waals surface area contributed by atoms with Crippen LogP contribution in [-0.2, 0) is 11.4 Å². The molecular weight excluding hydrogens is 352 g/mol. The first-order valence-electron chi connectivity index (χ1n) is 8.62. The van der Waals surface area contributed by atoms with E-state index in [2.05, 4.69) is 5.32 Å². The molecule has 1 fully saturated rings. The summed E-state index contributed by atoms with van der Waals surface area (Å²) in [4.78, 5) is 27.0. The van der Waals surface area contributed by atoms with Crippen LogP contribution in [0.25, 0.3) is 0 Å². The van der Waals surface area contributed by atoms with Gasteiger partial charge in [0.05, 0.1) is 12.5 Å². The lowest BCUT2D eigenvalue weighted by atomic mass is 9.96. The van der Waals surface area contributed by atoms with Crippen molar-refractivity contribution >= 4 is 29.1 Å². The predicted octanol–water partition coefficient (Wildman–Crippen LogP) is 3.32. The van der Waals surface area contributed by atoms with E-state index in [1.165, 1.54) is 0 Å². The number of nitrogens with zero attached hydrogens (tertiary/aromatic N) is 1. The van der Waals surface area contributed by atoms with Crippen molar-refractivity contribution in [1.29, 1.82) is 0 Å². The monoisotopic (exact) mass is 372 g/mol. The van der Waals surface area contributed by atoms with Gasteiger partial charge in [0.2, 0.25) is 5.91 Å². The Morgan fingerprint density at radius 3 is 2.69 bits per heavy atom. The Balaban J connectivity index is 1.64. The van der Waals surface area contributed by atoms with Crippen LogP contribution in [0.2, 0.25) is 5.02 Å². The van der Waals surface area contributed by atoms with Gasteiger partial charge in [-0.1, -0.05) is 23.7 Å². The lowest BCUT2D eigenvalue weighted by Crippen LogP contribution is -2.43. The summed E-state index contributed by atoms with van der Waals surface area (Å²) in [5, 5.41) is 12.7. The number of hydrogen-bond donors (Lipinski definition) is 2. The highest BCUT2D eigenvalue weighted by Gasteiger charge is 2.29. The van der Waals surface area contributed by atoms with Crippen LogP contribution in [0.15, 0.2) is 48.5 Å². The number of hydrogen-bond acceptors (Lipinski definition) is 3. The normalized spacial score (nSPS) is 17.0. The van der Waals surface area contributed by atoms with Crippen molar-refractivity contribution < 1.29 is 14.7 Å². The van der Waals surface area contributed by atoms with Crippen LogP contribution in [-0.4, -0.2) is 34.9 Å². The molecule has 0 spiro atoms. The van der Waals surface area contributed by atoms with Gasteiger partial charge in [-0.25, -0.2) is 0 Å². The maximum absolute atomic E-state index is 12.6. The minimum absolute atomic E-state index is 0.0729. The predicted molar refractivity (Wildman–Crippen MR) is 101 cm³/mol. The van der Waals surface area contributed by atoms with E-state index in [1.807, 2.05) is 0 Å². The summed E-state index contributed by atoms with van der Waals surface area (Å²) in [6, 6.07) is 13.9. The second-order valence-corrected chi connectivity index (χ2v) is 6.88. The Labute approximate surface area is 157 Å². The number of aliphatic hydroxyl groups excluding tert-OH is 1. The fourth-order valence-corrected chi connectivity index (χ4v) is 3.27. The third-order valence-electron chi connectivity index (χ3n) is 4.55. The van der Waals surface area contributed by atoms with E-state index >= 15 is 0 Å². The molecule has 26 heavy (non-hydrogen) atoms. The van der Waals surface area contributed by atoms with Gasteiger partial charge in [-0.3, -0.25) is 9.59 Å². The number of piperidine rings is 1. The summed E-state index contributed by atoms with van der Waals surface area (Å²) < 4.78 is 0. The number of aliphatic hydroxyl groups is 1. The maximum Gasteiger partial charge on any atom is 0.253 e. The molecule has 0 aliphatic carbocycles. The molecule has 5 nitrogen and oxygen atoms in total. The zero-order chi connectivity index (χ0) is 18.5. The number of carbonyl (C=O) groups excluding carboxylic acids is 2. The molecule has 1 aliphatic heterocycles. The minimum atomic E-state index is -0.252. The maximum atomic E-state index is 12.6. The number of benzene rings is 2. The molecule has 0 aromatic heterocycles. The number of amides is 2. The van der Waals surface area contributed by atoms with Gasteiger partial charge < -0.3 is 15.3 Å². The van der Waals surface area contributed by atoms with Gasteiger partial charge in [0, 0.05) is 29.4 Å². The highest BCUT2D eigenvalue weighted by molar-refractivity contribution is 6.30. The molecule has 0 saturated carbocycles. The third-order valence-corrected chi connectivity index (χ3v) is 4.80. The quantitative estimate of drug-likeness (QED) is 0.864. The number of nitrogens with one attached hydrogen (secondary N) is 1. The fraction of sp³-hybridized carbons (Fsp3) is 0.300. The number of anilines is 1. The second-order valence-electron chi connectivity index (χ2n) is 6.44. The highest BCUT2D eigenvalue weighted by Crippen LogP contribution is 2.21. The van der Waals surface area contributed by atoms with Gasteiger partial charge in [-0.05, 0) is 54.8 Å². The summed E-state index contributed by atoms with van der Waals surface area (Å²) in [5.41, 5.74) is 1.97. The summed E-state index contributed by atoms with van der Waals surface area (Å²) >= 11 is 5.87. The van der Waals surface area contributed by atoms with Crippen LogP contribution in [0.3, 0.4) is 0 Å². The smallest absolute Gasteiger partial charge is 0.253 e. The second kappa shape index (κ2) is 8.34. The largest absolute Gasteiger partial charge is 0.392 e. The lowest BCUT2D eigenvalue weighted by molar-refractivity contribution is -0.121. The SMILES string of the molecule is O=C(Nc1cccc(CO)c1)C1CCCN(C(=O)c2ccc(Cl)cc2)C1. The van der Waals surface area contributed by atoms with Crippen molar-refractivity contribution in [2.45, 2.75) is 19.4 Å². The fourth-order valence-electron chi connectivity index (χ4n) is 3.14. The first-order valence-corrected chi connectivity index (χ1v) is 9.00. The molecule has 2 aromatic carbocycles. The summed E-state index contributed by atoms with van der Waals surface area (Å²) in [5.74, 6) is -0.437. The molecule has 3 rings (SSSR count). The van der Waals surface area contributed by atoms with E-state index in [0.29, 0.717) is 29.4 Å². The van der Waals surface area contributed by atoms with Gasteiger partial charge in [-0.2, -0.15) is 0 Å². The number of rotatable bonds is 4. The first-order chi connectivity index (χ1) is 12.6. The average Bonchev–Trinajstić information content (AvgIpc) is 2.68. The molecule has 136 valence electrons. The Morgan fingerprint density at radius 1 is 1.19 bits per heavy atom. The van der Waals surface area contributed by atoms with E-state index < -0.39 is 0 Å². The van der Waals surface area contributed by atoms with Crippen LogP contribution >= 0.6 is 11.6 Å². The number of carbonyl (C=O) groups is 2. The van der Waals surface area contributed by atoms with Crippen LogP contribution < -0.4 is 5.32 Å². The minimum Gasteiger partial charge on any atom is -0.392 e. The zero-order valence-electron chi connectivity index (χ0n) is 14.3. The van der Waals surface area contributed by atoms with Crippen molar-refractivity contribution in [2.75, 3.05) is 18.4 Å². The molecule has 2 N–H and O–H groups in total. The first kappa shape index (κ1) is 18.4. The van der Waals surface area contributed by atoms with Crippen LogP contribution in [0.5, 0.6) is 0 Å². The van der Waals surface area contributed by atoms with E-state index in [0.717, 1.165) is 18.4 Å². The Hall–Kier alpha value is -2.37. The molecule has 1 heterocycles. The molecule has 1 unspecified atom stereocenters. The molecule has 6 heteroatoms. The summed E-state index contributed by atoms with van der Waals surface area (Å²) in [6.45, 7) is 0.967. The average molecular weight is 373 g/mol. The van der Waals surface area contributed by atoms with Gasteiger partial charge in [0.15, 0.2) is 0 Å². The zero-order valence-corrected chi connectivity index (χ0v) is 15.1. The van der Waals surface area contributed by atoms with Crippen LogP contribution in [0.1, 0.15) is 28.8 Å². The molecule has 2 amide bonds. The van der Waals surface area contributed by atoms with Crippen molar-refractivity contribution in [3.05, 3.63) is 64.7 Å². The van der Waals surface area contributed by atoms with Gasteiger partial charge in [0.25, 0.3) is 5.91 Å². The van der Waals surface area contributed by atoms with E-state index in [9.17, 15) is 14.7 Å². The number of likely N-dealkylation sites (tertiary alicyclic amines) is 1. The number of halogens is 1. The van der Waals surface area contributed by atoms with E-state index in [1.54, 1.807) is 53.4 Å². The van der Waals surface area contributed by atoms with Crippen molar-refractivity contribution in [1.82, 2.24) is 4.90 Å². The highest BCUT2D eigenvalue weighted by atomic mass is 35.5. The Bertz CT molecular complexity index is 792. The lowest BCUT2D eigenvalue weighted by Gasteiger charge is -2.32. The molecule has 1 atom stereocenters. The van der Waals surface area contributed by atoms with E-state index in [4.69, 9.17) is 11.6 Å². The van der Waals surface area contributed by atoms with Crippen LogP contribution in [0.4, 0.5) is 5.69 Å². The van der Waals surface area contributed by atoms with Gasteiger partial charge in [0.1, 0.15) is 0 Å². The molecule has 2 aromatic rings. The third kappa shape index (κ3) is 4.42. The summed E-state index contributed by atoms with van der Waals surface area (Å²) in [6.07, 6.45) is 1.53. The van der Waals surface area contributed by atoms with Gasteiger partial charge >= 0.3 is 0 Å². The van der Waals surface area contributed by atoms with Gasteiger partial charge in [-0.15, -0.1) is 0 Å². The van der Waals surface area contributed by atoms with E-state index in [-0.39, 0.29) is 24.3 Å². The summed E-state index contributed by atoms with van der Waals surface area (Å²) in [7, 11) is 0. The molecule has 0 bridgehead atoms. The molecule has 0 radical (unpaired) electrons. The Morgan fingerprint density at radius 2 is 1.96 bits per heavy atom. The standard InChI is InChI=1S/C20H21ClN2O3/c21-17-8-6-15(7-9-17)20(26)23-10-2-4-16(12-23)19(25)22-18-5-1-3-14(11-18)13-24/h1,3,5-9,11,16,24H,2,4,10,12-13H2,(H,22,25). The van der Waals surface area contributed by atoms with Crippen molar-refractivity contribution in [3.8, 4) is 0 Å².